The molecular weight excluding hydrogens is 230 g/mol. The fourth-order valence-electron chi connectivity index (χ4n) is 1.24. The third-order valence-electron chi connectivity index (χ3n) is 1.89. The molecule has 0 aliphatic heterocycles. The molecule has 0 fully saturated rings. The largest absolute Gasteiger partial charge is 0.370 e. The highest BCUT2D eigenvalue weighted by Gasteiger charge is 2.09. The molecule has 2 amide bonds. The van der Waals surface area contributed by atoms with Crippen molar-refractivity contribution in [2.45, 2.75) is 6.54 Å². The van der Waals surface area contributed by atoms with Crippen molar-refractivity contribution in [3.63, 3.8) is 0 Å². The van der Waals surface area contributed by atoms with Gasteiger partial charge in [-0.05, 0) is 17.7 Å². The first-order valence-electron chi connectivity index (χ1n) is 4.68. The van der Waals surface area contributed by atoms with Crippen molar-refractivity contribution in [2.24, 2.45) is 16.5 Å². The maximum Gasteiger partial charge on any atom is 0.346 e. The van der Waals surface area contributed by atoms with Gasteiger partial charge in [-0.3, -0.25) is 0 Å². The van der Waals surface area contributed by atoms with Crippen molar-refractivity contribution in [3.05, 3.63) is 35.4 Å². The molecule has 17 heavy (non-hydrogen) atoms. The molecule has 0 aliphatic carbocycles. The quantitative estimate of drug-likeness (QED) is 0.594. The summed E-state index contributed by atoms with van der Waals surface area (Å²) in [5.41, 5.74) is 10.4. The lowest BCUT2D eigenvalue weighted by Gasteiger charge is -2.14. The van der Waals surface area contributed by atoms with Gasteiger partial charge in [-0.1, -0.05) is 0 Å². The Labute approximate surface area is 96.7 Å². The number of urea groups is 1. The van der Waals surface area contributed by atoms with Gasteiger partial charge in [0.05, 0.1) is 0 Å². The van der Waals surface area contributed by atoms with E-state index in [4.69, 9.17) is 11.5 Å². The van der Waals surface area contributed by atoms with Crippen molar-refractivity contribution in [2.75, 3.05) is 7.05 Å². The zero-order chi connectivity index (χ0) is 13.0. The Kier molecular flexibility index (Phi) is 3.97. The normalized spacial score (nSPS) is 9.82. The lowest BCUT2D eigenvalue weighted by molar-refractivity contribution is 0.217. The molecule has 0 atom stereocenters. The molecule has 0 saturated carbocycles. The Morgan fingerprint density at radius 3 is 2.29 bits per heavy atom. The molecule has 1 aromatic carbocycles. The summed E-state index contributed by atoms with van der Waals surface area (Å²) in [4.78, 5) is 15.7. The molecule has 4 N–H and O–H groups in total. The van der Waals surface area contributed by atoms with Crippen LogP contribution in [-0.4, -0.2) is 23.9 Å². The van der Waals surface area contributed by atoms with Gasteiger partial charge in [0.25, 0.3) is 0 Å². The number of nitrogens with zero attached hydrogens (tertiary/aromatic N) is 2. The molecule has 1 rings (SSSR count). The number of aliphatic imine (C=N–C) groups is 1. The van der Waals surface area contributed by atoms with Crippen LogP contribution in [0.1, 0.15) is 5.56 Å². The summed E-state index contributed by atoms with van der Waals surface area (Å²) in [6.45, 7) is 0.00426. The Morgan fingerprint density at radius 2 is 1.82 bits per heavy atom. The average molecular weight is 242 g/mol. The van der Waals surface area contributed by atoms with E-state index in [1.165, 1.54) is 7.05 Å². The van der Waals surface area contributed by atoms with Crippen molar-refractivity contribution in [1.29, 1.82) is 0 Å². The molecule has 5 nitrogen and oxygen atoms in total. The maximum absolute atomic E-state index is 12.9. The van der Waals surface area contributed by atoms with Gasteiger partial charge in [0.1, 0.15) is 11.6 Å². The minimum Gasteiger partial charge on any atom is -0.370 e. The van der Waals surface area contributed by atoms with E-state index in [0.29, 0.717) is 5.56 Å². The predicted octanol–water partition coefficient (Wildman–Crippen LogP) is 0.790. The van der Waals surface area contributed by atoms with Gasteiger partial charge in [-0.2, -0.15) is 4.99 Å². The van der Waals surface area contributed by atoms with Crippen LogP contribution in [0.3, 0.4) is 0 Å². The Morgan fingerprint density at radius 1 is 1.29 bits per heavy atom. The molecule has 0 radical (unpaired) electrons. The number of carbonyl (C=O) groups excluding carboxylic acids is 1. The van der Waals surface area contributed by atoms with Crippen LogP contribution in [0, 0.1) is 11.6 Å². The number of nitrogens with two attached hydrogens (primary N) is 2. The zero-order valence-corrected chi connectivity index (χ0v) is 9.15. The van der Waals surface area contributed by atoms with Gasteiger partial charge in [0, 0.05) is 19.7 Å². The number of benzene rings is 1. The SMILES string of the molecule is CN(Cc1cc(F)cc(F)c1)C(=O)N=C(N)N. The first-order valence-corrected chi connectivity index (χ1v) is 4.68. The van der Waals surface area contributed by atoms with E-state index in [0.717, 1.165) is 23.1 Å². The number of guanidine groups is 1. The van der Waals surface area contributed by atoms with E-state index in [1.807, 2.05) is 0 Å². The second-order valence-corrected chi connectivity index (χ2v) is 3.45. The van der Waals surface area contributed by atoms with Gasteiger partial charge in [0.15, 0.2) is 5.96 Å². The minimum atomic E-state index is -0.706. The van der Waals surface area contributed by atoms with Gasteiger partial charge in [0.2, 0.25) is 0 Å². The van der Waals surface area contributed by atoms with Crippen LogP contribution in [0.4, 0.5) is 13.6 Å². The fraction of sp³-hybridized carbons (Fsp3) is 0.200. The number of hydrogen-bond acceptors (Lipinski definition) is 1. The maximum atomic E-state index is 12.9. The van der Waals surface area contributed by atoms with E-state index in [-0.39, 0.29) is 12.5 Å². The topological polar surface area (TPSA) is 84.7 Å². The van der Waals surface area contributed by atoms with E-state index < -0.39 is 17.7 Å². The Balaban J connectivity index is 2.77. The van der Waals surface area contributed by atoms with E-state index in [1.54, 1.807) is 0 Å². The lowest BCUT2D eigenvalue weighted by atomic mass is 10.2. The third kappa shape index (κ3) is 4.06. The fourth-order valence-corrected chi connectivity index (χ4v) is 1.24. The van der Waals surface area contributed by atoms with Crippen LogP contribution in [0.25, 0.3) is 0 Å². The second-order valence-electron chi connectivity index (χ2n) is 3.45. The van der Waals surface area contributed by atoms with Gasteiger partial charge in [-0.25, -0.2) is 13.6 Å². The monoisotopic (exact) mass is 242 g/mol. The minimum absolute atomic E-state index is 0.00426. The molecule has 0 heterocycles. The lowest BCUT2D eigenvalue weighted by Crippen LogP contribution is -2.29. The first kappa shape index (κ1) is 12.9. The first-order chi connectivity index (χ1) is 7.88. The highest BCUT2D eigenvalue weighted by atomic mass is 19.1. The summed E-state index contributed by atoms with van der Waals surface area (Å²) in [7, 11) is 1.41. The van der Waals surface area contributed by atoms with Crippen LogP contribution in [0.5, 0.6) is 0 Å². The average Bonchev–Trinajstić information content (AvgIpc) is 2.14. The van der Waals surface area contributed by atoms with Crippen molar-refractivity contribution in [1.82, 2.24) is 4.90 Å². The van der Waals surface area contributed by atoms with Crippen LogP contribution >= 0.6 is 0 Å². The number of hydrogen-bond donors (Lipinski definition) is 2. The summed E-state index contributed by atoms with van der Waals surface area (Å²) in [6, 6.07) is 2.32. The zero-order valence-electron chi connectivity index (χ0n) is 9.15. The predicted molar refractivity (Wildman–Crippen MR) is 59.0 cm³/mol. The van der Waals surface area contributed by atoms with Crippen molar-refractivity contribution in [3.8, 4) is 0 Å². The van der Waals surface area contributed by atoms with E-state index in [2.05, 4.69) is 4.99 Å². The molecule has 0 aliphatic rings. The highest BCUT2D eigenvalue weighted by Crippen LogP contribution is 2.10. The standard InChI is InChI=1S/C10H12F2N4O/c1-16(10(17)15-9(13)14)5-6-2-7(11)4-8(12)3-6/h2-4H,5H2,1H3,(H4,13,14,15,17). The van der Waals surface area contributed by atoms with E-state index in [9.17, 15) is 13.6 Å². The molecular formula is C10H12F2N4O. The molecule has 1 aromatic rings. The summed E-state index contributed by atoms with van der Waals surface area (Å²) in [5, 5.41) is 0. The summed E-state index contributed by atoms with van der Waals surface area (Å²) >= 11 is 0. The van der Waals surface area contributed by atoms with E-state index >= 15 is 0 Å². The second kappa shape index (κ2) is 5.24. The van der Waals surface area contributed by atoms with Crippen molar-refractivity contribution >= 4 is 12.0 Å². The Bertz CT molecular complexity index is 437. The number of amides is 2. The number of carbonyl (C=O) groups is 1. The molecule has 92 valence electrons. The number of rotatable bonds is 2. The molecule has 0 bridgehead atoms. The molecule has 0 saturated heterocycles. The van der Waals surface area contributed by atoms with Crippen LogP contribution < -0.4 is 11.5 Å². The molecule has 0 unspecified atom stereocenters. The van der Waals surface area contributed by atoms with Crippen LogP contribution in [-0.2, 0) is 6.54 Å². The highest BCUT2D eigenvalue weighted by molar-refractivity contribution is 5.90. The van der Waals surface area contributed by atoms with Gasteiger partial charge >= 0.3 is 6.03 Å². The number of halogens is 2. The summed E-state index contributed by atoms with van der Waals surface area (Å²) in [5.74, 6) is -1.78. The summed E-state index contributed by atoms with van der Waals surface area (Å²) < 4.78 is 25.8. The van der Waals surface area contributed by atoms with Crippen LogP contribution in [0.2, 0.25) is 0 Å². The molecule has 7 heteroatoms. The summed E-state index contributed by atoms with van der Waals surface area (Å²) in [6.07, 6.45) is 0. The van der Waals surface area contributed by atoms with Crippen molar-refractivity contribution < 1.29 is 13.6 Å². The third-order valence-corrected chi connectivity index (χ3v) is 1.89. The van der Waals surface area contributed by atoms with Gasteiger partial charge in [-0.15, -0.1) is 0 Å². The Hall–Kier alpha value is -2.18. The van der Waals surface area contributed by atoms with Gasteiger partial charge < -0.3 is 16.4 Å². The molecule has 0 spiro atoms. The van der Waals surface area contributed by atoms with Crippen LogP contribution in [0.15, 0.2) is 23.2 Å². The molecule has 0 aromatic heterocycles. The smallest absolute Gasteiger partial charge is 0.346 e.